The van der Waals surface area contributed by atoms with E-state index in [1.54, 1.807) is 30.6 Å². The van der Waals surface area contributed by atoms with E-state index in [0.29, 0.717) is 0 Å². The van der Waals surface area contributed by atoms with Gasteiger partial charge in [0.15, 0.2) is 0 Å². The molecule has 0 fully saturated rings. The molecule has 0 bridgehead atoms. The maximum Gasteiger partial charge on any atom is 0.248 e. The van der Waals surface area contributed by atoms with Gasteiger partial charge in [-0.15, -0.1) is 0 Å². The normalized spacial score (nSPS) is 18.2. The first-order valence-corrected chi connectivity index (χ1v) is 9.90. The summed E-state index contributed by atoms with van der Waals surface area (Å²) in [5, 5.41) is 2.82. The van der Waals surface area contributed by atoms with Gasteiger partial charge >= 0.3 is 0 Å². The lowest BCUT2D eigenvalue weighted by Gasteiger charge is -2.32. The molecule has 3 heteroatoms. The second kappa shape index (κ2) is 10.0. The fourth-order valence-electron chi connectivity index (χ4n) is 3.50. The number of rotatable bonds is 6. The first-order valence-electron chi connectivity index (χ1n) is 9.90. The van der Waals surface area contributed by atoms with Gasteiger partial charge in [-0.1, -0.05) is 55.4 Å². The molecule has 3 nitrogen and oxygen atoms in total. The summed E-state index contributed by atoms with van der Waals surface area (Å²) in [5.41, 5.74) is 6.06. The highest BCUT2D eigenvalue weighted by atomic mass is 16.1. The number of amides is 1. The van der Waals surface area contributed by atoms with Gasteiger partial charge in [0.2, 0.25) is 5.91 Å². The molecule has 1 aliphatic carbocycles. The van der Waals surface area contributed by atoms with Crippen molar-refractivity contribution in [3.05, 3.63) is 83.3 Å². The van der Waals surface area contributed by atoms with E-state index < -0.39 is 0 Å². The first-order chi connectivity index (χ1) is 13.3. The van der Waals surface area contributed by atoms with Crippen LogP contribution in [0.15, 0.2) is 83.3 Å². The van der Waals surface area contributed by atoms with Crippen molar-refractivity contribution in [3.63, 3.8) is 0 Å². The molecule has 0 saturated heterocycles. The number of anilines is 1. The largest absolute Gasteiger partial charge is 0.322 e. The summed E-state index contributed by atoms with van der Waals surface area (Å²) >= 11 is 0. The topological polar surface area (TPSA) is 42.0 Å². The van der Waals surface area contributed by atoms with Crippen molar-refractivity contribution in [2.24, 2.45) is 5.41 Å². The molecule has 0 spiro atoms. The minimum Gasteiger partial charge on any atom is -0.322 e. The minimum atomic E-state index is -0.143. The summed E-state index contributed by atoms with van der Waals surface area (Å²) in [5.74, 6) is -0.143. The Bertz CT molecular complexity index is 837. The third-order valence-corrected chi connectivity index (χ3v) is 5.08. The molecule has 0 aliphatic heterocycles. The van der Waals surface area contributed by atoms with Crippen molar-refractivity contribution < 1.29 is 4.79 Å². The van der Waals surface area contributed by atoms with Crippen molar-refractivity contribution >= 4 is 11.6 Å². The third kappa shape index (κ3) is 6.80. The Morgan fingerprint density at radius 2 is 1.86 bits per heavy atom. The average molecular weight is 377 g/mol. The van der Waals surface area contributed by atoms with Crippen LogP contribution in [-0.4, -0.2) is 10.9 Å². The lowest BCUT2D eigenvalue weighted by Crippen LogP contribution is -2.19. The molecule has 1 aromatic rings. The van der Waals surface area contributed by atoms with E-state index in [1.165, 1.54) is 36.0 Å². The Labute approximate surface area is 169 Å². The van der Waals surface area contributed by atoms with Crippen molar-refractivity contribution in [1.82, 2.24) is 4.98 Å². The monoisotopic (exact) mass is 376 g/mol. The SMILES string of the molecule is CC(C=CC1=C(C)CCCC1(C)C)=CC=CC(C)=CC(=O)Nc1ccncc1. The van der Waals surface area contributed by atoms with Gasteiger partial charge in [-0.25, -0.2) is 0 Å². The van der Waals surface area contributed by atoms with Gasteiger partial charge in [0.25, 0.3) is 0 Å². The zero-order valence-electron chi connectivity index (χ0n) is 17.8. The highest BCUT2D eigenvalue weighted by molar-refractivity contribution is 5.99. The molecule has 1 amide bonds. The van der Waals surface area contributed by atoms with E-state index in [-0.39, 0.29) is 11.3 Å². The molecule has 0 radical (unpaired) electrons. The summed E-state index contributed by atoms with van der Waals surface area (Å²) < 4.78 is 0. The van der Waals surface area contributed by atoms with E-state index in [2.05, 4.69) is 56.2 Å². The van der Waals surface area contributed by atoms with Crippen LogP contribution in [0.1, 0.15) is 53.9 Å². The van der Waals surface area contributed by atoms with E-state index >= 15 is 0 Å². The van der Waals surface area contributed by atoms with Crippen LogP contribution in [0.5, 0.6) is 0 Å². The highest BCUT2D eigenvalue weighted by Gasteiger charge is 2.26. The Kier molecular flexibility index (Phi) is 7.74. The quantitative estimate of drug-likeness (QED) is 0.452. The lowest BCUT2D eigenvalue weighted by atomic mass is 9.72. The fourth-order valence-corrected chi connectivity index (χ4v) is 3.50. The number of aromatic nitrogens is 1. The van der Waals surface area contributed by atoms with E-state index in [0.717, 1.165) is 11.3 Å². The Morgan fingerprint density at radius 3 is 2.54 bits per heavy atom. The molecule has 148 valence electrons. The molecule has 0 aromatic carbocycles. The zero-order chi connectivity index (χ0) is 20.6. The summed E-state index contributed by atoms with van der Waals surface area (Å²) in [7, 11) is 0. The summed E-state index contributed by atoms with van der Waals surface area (Å²) in [6.45, 7) is 10.9. The number of hydrogen-bond donors (Lipinski definition) is 1. The number of hydrogen-bond acceptors (Lipinski definition) is 2. The van der Waals surface area contributed by atoms with E-state index in [1.807, 2.05) is 19.1 Å². The van der Waals surface area contributed by atoms with Gasteiger partial charge < -0.3 is 5.32 Å². The van der Waals surface area contributed by atoms with Crippen molar-refractivity contribution in [3.8, 4) is 0 Å². The molecule has 28 heavy (non-hydrogen) atoms. The zero-order valence-corrected chi connectivity index (χ0v) is 17.8. The highest BCUT2D eigenvalue weighted by Crippen LogP contribution is 2.40. The van der Waals surface area contributed by atoms with Crippen LogP contribution in [0.2, 0.25) is 0 Å². The van der Waals surface area contributed by atoms with Crippen LogP contribution >= 0.6 is 0 Å². The molecule has 2 rings (SSSR count). The smallest absolute Gasteiger partial charge is 0.248 e. The number of nitrogens with one attached hydrogen (secondary N) is 1. The van der Waals surface area contributed by atoms with Crippen LogP contribution in [0.25, 0.3) is 0 Å². The molecule has 1 N–H and O–H groups in total. The van der Waals surface area contributed by atoms with Gasteiger partial charge in [0, 0.05) is 24.2 Å². The lowest BCUT2D eigenvalue weighted by molar-refractivity contribution is -0.111. The van der Waals surface area contributed by atoms with Crippen molar-refractivity contribution in [2.75, 3.05) is 5.32 Å². The van der Waals surface area contributed by atoms with Gasteiger partial charge in [-0.2, -0.15) is 0 Å². The van der Waals surface area contributed by atoms with Crippen LogP contribution in [-0.2, 0) is 4.79 Å². The predicted molar refractivity (Wildman–Crippen MR) is 119 cm³/mol. The molecule has 0 unspecified atom stereocenters. The standard InChI is InChI=1S/C25H32N2O/c1-19(11-12-23-21(3)10-7-15-25(23,4)5)8-6-9-20(2)18-24(28)27-22-13-16-26-17-14-22/h6,8-9,11-14,16-18H,7,10,15H2,1-5H3,(H,26,27,28). The number of pyridine rings is 1. The molecule has 0 atom stereocenters. The Morgan fingerprint density at radius 1 is 1.14 bits per heavy atom. The fraction of sp³-hybridized carbons (Fsp3) is 0.360. The number of carbonyl (C=O) groups is 1. The Hall–Kier alpha value is -2.68. The molecule has 0 saturated carbocycles. The van der Waals surface area contributed by atoms with Crippen LogP contribution in [0.4, 0.5) is 5.69 Å². The molecule has 1 aliphatic rings. The average Bonchev–Trinajstić information content (AvgIpc) is 2.61. The molecular formula is C25H32N2O. The maximum absolute atomic E-state index is 12.0. The molecule has 1 aromatic heterocycles. The predicted octanol–water partition coefficient (Wildman–Crippen LogP) is 6.55. The first kappa shape index (κ1) is 21.6. The van der Waals surface area contributed by atoms with E-state index in [4.69, 9.17) is 0 Å². The molecular weight excluding hydrogens is 344 g/mol. The van der Waals surface area contributed by atoms with Crippen molar-refractivity contribution in [1.29, 1.82) is 0 Å². The summed E-state index contributed by atoms with van der Waals surface area (Å²) in [4.78, 5) is 16.0. The number of carbonyl (C=O) groups excluding carboxylic acids is 1. The van der Waals surface area contributed by atoms with Gasteiger partial charge in [0.1, 0.15) is 0 Å². The number of nitrogens with zero attached hydrogens (tertiary/aromatic N) is 1. The van der Waals surface area contributed by atoms with Crippen LogP contribution in [0.3, 0.4) is 0 Å². The second-order valence-electron chi connectivity index (χ2n) is 8.15. The van der Waals surface area contributed by atoms with Gasteiger partial charge in [-0.3, -0.25) is 9.78 Å². The summed E-state index contributed by atoms with van der Waals surface area (Å²) in [6.07, 6.45) is 19.1. The van der Waals surface area contributed by atoms with Gasteiger partial charge in [-0.05, 0) is 68.7 Å². The van der Waals surface area contributed by atoms with Gasteiger partial charge in [0.05, 0.1) is 0 Å². The van der Waals surface area contributed by atoms with Crippen LogP contribution < -0.4 is 5.32 Å². The maximum atomic E-state index is 12.0. The van der Waals surface area contributed by atoms with Crippen LogP contribution in [0, 0.1) is 5.41 Å². The summed E-state index contributed by atoms with van der Waals surface area (Å²) in [6, 6.07) is 3.53. The van der Waals surface area contributed by atoms with E-state index in [9.17, 15) is 4.79 Å². The second-order valence-corrected chi connectivity index (χ2v) is 8.15. The molecule has 1 heterocycles. The van der Waals surface area contributed by atoms with Crippen molar-refractivity contribution in [2.45, 2.75) is 53.9 Å². The Balaban J connectivity index is 1.96. The number of allylic oxidation sites excluding steroid dienone is 9. The minimum absolute atomic E-state index is 0.143. The third-order valence-electron chi connectivity index (χ3n) is 5.08.